The van der Waals surface area contributed by atoms with Crippen molar-refractivity contribution in [2.75, 3.05) is 23.4 Å². The molecule has 3 rings (SSSR count). The van der Waals surface area contributed by atoms with E-state index in [1.165, 1.54) is 6.07 Å². The molecule has 0 bridgehead atoms. The summed E-state index contributed by atoms with van der Waals surface area (Å²) in [7, 11) is 1.79. The number of aryl methyl sites for hydroxylation is 1. The van der Waals surface area contributed by atoms with E-state index in [0.717, 1.165) is 28.8 Å². The molecule has 0 aliphatic heterocycles. The monoisotopic (exact) mass is 387 g/mol. The van der Waals surface area contributed by atoms with Gasteiger partial charge in [-0.1, -0.05) is 12.7 Å². The smallest absolute Gasteiger partial charge is 0.399 e. The highest BCUT2D eigenvalue weighted by atomic mass is 19.4. The maximum Gasteiger partial charge on any atom is 0.416 e. The summed E-state index contributed by atoms with van der Waals surface area (Å²) in [5, 5.41) is 6.95. The number of aromatic nitrogens is 2. The van der Waals surface area contributed by atoms with Gasteiger partial charge in [0.1, 0.15) is 11.6 Å². The van der Waals surface area contributed by atoms with Crippen molar-refractivity contribution in [3.63, 3.8) is 0 Å². The number of alkyl halides is 3. The Morgan fingerprint density at radius 1 is 1.14 bits per heavy atom. The van der Waals surface area contributed by atoms with Gasteiger partial charge >= 0.3 is 6.18 Å². The van der Waals surface area contributed by atoms with Crippen LogP contribution in [0.5, 0.6) is 0 Å². The van der Waals surface area contributed by atoms with E-state index in [-0.39, 0.29) is 12.2 Å². The predicted molar refractivity (Wildman–Crippen MR) is 107 cm³/mol. The average Bonchev–Trinajstić information content (AvgIpc) is 2.63. The number of hydrogen-bond acceptors (Lipinski definition) is 5. The highest BCUT2D eigenvalue weighted by Crippen LogP contribution is 2.32. The standard InChI is InChI=1S/C20H20F3N5/c1-4-13-7-18-16(9-17(13)25-3)19(28-11(2)27-18)26-10-12-5-14(20(21,22)23)8-15(24)6-12/h4-9,25H,1,10,24H2,2-3H3,(H,26,27,28). The average molecular weight is 387 g/mol. The minimum absolute atomic E-state index is 0.0587. The van der Waals surface area contributed by atoms with Gasteiger partial charge < -0.3 is 16.4 Å². The normalized spacial score (nSPS) is 11.5. The first-order valence-electron chi connectivity index (χ1n) is 8.54. The number of nitrogens with one attached hydrogen (secondary N) is 2. The minimum atomic E-state index is -4.45. The highest BCUT2D eigenvalue weighted by Gasteiger charge is 2.31. The molecule has 4 N–H and O–H groups in total. The van der Waals surface area contributed by atoms with Crippen LogP contribution in [0.3, 0.4) is 0 Å². The summed E-state index contributed by atoms with van der Waals surface area (Å²) in [6.07, 6.45) is -2.73. The Morgan fingerprint density at radius 3 is 2.54 bits per heavy atom. The zero-order valence-corrected chi connectivity index (χ0v) is 15.5. The van der Waals surface area contributed by atoms with E-state index in [9.17, 15) is 13.2 Å². The lowest BCUT2D eigenvalue weighted by molar-refractivity contribution is -0.137. The van der Waals surface area contributed by atoms with Gasteiger partial charge in [-0.15, -0.1) is 0 Å². The molecule has 0 unspecified atom stereocenters. The predicted octanol–water partition coefficient (Wildman–Crippen LogP) is 4.84. The zero-order valence-electron chi connectivity index (χ0n) is 15.5. The molecule has 146 valence electrons. The van der Waals surface area contributed by atoms with E-state index in [1.54, 1.807) is 20.0 Å². The lowest BCUT2D eigenvalue weighted by Gasteiger charge is -2.14. The van der Waals surface area contributed by atoms with Crippen molar-refractivity contribution in [2.45, 2.75) is 19.6 Å². The molecule has 0 aliphatic rings. The number of halogens is 3. The van der Waals surface area contributed by atoms with E-state index in [2.05, 4.69) is 27.2 Å². The molecule has 1 aromatic heterocycles. The number of hydrogen-bond donors (Lipinski definition) is 3. The van der Waals surface area contributed by atoms with Crippen molar-refractivity contribution < 1.29 is 13.2 Å². The van der Waals surface area contributed by atoms with Crippen molar-refractivity contribution in [1.29, 1.82) is 0 Å². The quantitative estimate of drug-likeness (QED) is 0.547. The van der Waals surface area contributed by atoms with Crippen LogP contribution in [-0.4, -0.2) is 17.0 Å². The van der Waals surface area contributed by atoms with Crippen LogP contribution in [0, 0.1) is 6.92 Å². The van der Waals surface area contributed by atoms with Crippen LogP contribution in [0.15, 0.2) is 36.9 Å². The molecule has 0 spiro atoms. The van der Waals surface area contributed by atoms with Crippen LogP contribution in [0.4, 0.5) is 30.4 Å². The van der Waals surface area contributed by atoms with Crippen molar-refractivity contribution >= 4 is 34.2 Å². The molecule has 0 saturated carbocycles. The maximum absolute atomic E-state index is 13.0. The summed E-state index contributed by atoms with van der Waals surface area (Å²) >= 11 is 0. The van der Waals surface area contributed by atoms with Gasteiger partial charge in [0, 0.05) is 30.4 Å². The lowest BCUT2D eigenvalue weighted by Crippen LogP contribution is -2.09. The summed E-state index contributed by atoms with van der Waals surface area (Å²) in [6, 6.07) is 7.27. The third kappa shape index (κ3) is 4.00. The van der Waals surface area contributed by atoms with Crippen LogP contribution < -0.4 is 16.4 Å². The molecule has 3 aromatic rings. The first-order valence-corrected chi connectivity index (χ1v) is 8.54. The lowest BCUT2D eigenvalue weighted by atomic mass is 10.1. The minimum Gasteiger partial charge on any atom is -0.399 e. The fourth-order valence-corrected chi connectivity index (χ4v) is 3.00. The topological polar surface area (TPSA) is 75.9 Å². The van der Waals surface area contributed by atoms with Crippen LogP contribution >= 0.6 is 0 Å². The van der Waals surface area contributed by atoms with Gasteiger partial charge in [-0.2, -0.15) is 13.2 Å². The summed E-state index contributed by atoms with van der Waals surface area (Å²) in [5.74, 6) is 1.08. The Bertz CT molecular complexity index is 1040. The fraction of sp³-hybridized carbons (Fsp3) is 0.200. The van der Waals surface area contributed by atoms with Gasteiger partial charge in [-0.05, 0) is 48.4 Å². The Balaban J connectivity index is 1.99. The number of benzene rings is 2. The summed E-state index contributed by atoms with van der Waals surface area (Å²) in [4.78, 5) is 8.85. The number of anilines is 3. The van der Waals surface area contributed by atoms with E-state index in [4.69, 9.17) is 5.73 Å². The molecule has 0 atom stereocenters. The Labute approximate surface area is 160 Å². The first kappa shape index (κ1) is 19.5. The summed E-state index contributed by atoms with van der Waals surface area (Å²) in [6.45, 7) is 5.69. The molecular formula is C20H20F3N5. The summed E-state index contributed by atoms with van der Waals surface area (Å²) < 4.78 is 39.0. The number of fused-ring (bicyclic) bond motifs is 1. The fourth-order valence-electron chi connectivity index (χ4n) is 3.00. The summed E-state index contributed by atoms with van der Waals surface area (Å²) in [5.41, 5.74) is 7.79. The number of nitrogens with zero attached hydrogens (tertiary/aromatic N) is 2. The molecule has 0 aliphatic carbocycles. The second-order valence-corrected chi connectivity index (χ2v) is 6.34. The van der Waals surface area contributed by atoms with Gasteiger partial charge in [0.25, 0.3) is 0 Å². The van der Waals surface area contributed by atoms with Gasteiger partial charge in [0.15, 0.2) is 0 Å². The van der Waals surface area contributed by atoms with Gasteiger partial charge in [0.05, 0.1) is 11.1 Å². The van der Waals surface area contributed by atoms with E-state index in [1.807, 2.05) is 12.1 Å². The maximum atomic E-state index is 13.0. The second-order valence-electron chi connectivity index (χ2n) is 6.34. The third-order valence-electron chi connectivity index (χ3n) is 4.27. The largest absolute Gasteiger partial charge is 0.416 e. The van der Waals surface area contributed by atoms with Crippen molar-refractivity contribution in [2.24, 2.45) is 0 Å². The Hall–Kier alpha value is -3.29. The molecule has 8 heteroatoms. The second kappa shape index (κ2) is 7.38. The van der Waals surface area contributed by atoms with Crippen LogP contribution in [0.1, 0.15) is 22.5 Å². The Morgan fingerprint density at radius 2 is 1.89 bits per heavy atom. The first-order chi connectivity index (χ1) is 13.2. The highest BCUT2D eigenvalue weighted by molar-refractivity contribution is 5.94. The molecular weight excluding hydrogens is 367 g/mol. The zero-order chi connectivity index (χ0) is 20.5. The van der Waals surface area contributed by atoms with Gasteiger partial charge in [0.2, 0.25) is 0 Å². The molecule has 0 saturated heterocycles. The molecule has 0 amide bonds. The SMILES string of the molecule is C=Cc1cc2nc(C)nc(NCc3cc(N)cc(C(F)(F)F)c3)c2cc1NC. The molecule has 0 radical (unpaired) electrons. The van der Waals surface area contributed by atoms with E-state index < -0.39 is 11.7 Å². The van der Waals surface area contributed by atoms with Crippen LogP contribution in [0.2, 0.25) is 0 Å². The number of nitrogens with two attached hydrogens (primary N) is 1. The number of nitrogen functional groups attached to an aromatic ring is 1. The molecule has 28 heavy (non-hydrogen) atoms. The molecule has 5 nitrogen and oxygen atoms in total. The van der Waals surface area contributed by atoms with Crippen LogP contribution in [0.25, 0.3) is 17.0 Å². The van der Waals surface area contributed by atoms with Crippen LogP contribution in [-0.2, 0) is 12.7 Å². The molecule has 2 aromatic carbocycles. The number of rotatable bonds is 5. The van der Waals surface area contributed by atoms with Crippen molar-refractivity contribution in [3.05, 3.63) is 59.4 Å². The van der Waals surface area contributed by atoms with E-state index >= 15 is 0 Å². The molecule has 0 fully saturated rings. The third-order valence-corrected chi connectivity index (χ3v) is 4.27. The Kier molecular flexibility index (Phi) is 5.13. The van der Waals surface area contributed by atoms with Gasteiger partial charge in [-0.3, -0.25) is 0 Å². The van der Waals surface area contributed by atoms with Crippen molar-refractivity contribution in [3.8, 4) is 0 Å². The van der Waals surface area contributed by atoms with Crippen molar-refractivity contribution in [1.82, 2.24) is 9.97 Å². The molecule has 1 heterocycles. The van der Waals surface area contributed by atoms with Gasteiger partial charge in [-0.25, -0.2) is 9.97 Å². The van der Waals surface area contributed by atoms with E-state index in [0.29, 0.717) is 22.7 Å².